The first-order valence-corrected chi connectivity index (χ1v) is 24.5. The molecule has 0 aromatic heterocycles. The average Bonchev–Trinajstić information content (AvgIpc) is 3.27. The van der Waals surface area contributed by atoms with Crippen molar-refractivity contribution in [3.8, 4) is 0 Å². The van der Waals surface area contributed by atoms with Crippen LogP contribution in [0.3, 0.4) is 0 Å². The molecular formula is C50H67N4O9P. The molecule has 64 heavy (non-hydrogen) atoms. The third-order valence-electron chi connectivity index (χ3n) is 12.6. The summed E-state index contributed by atoms with van der Waals surface area (Å²) >= 11 is 0. The highest BCUT2D eigenvalue weighted by atomic mass is 31.2. The van der Waals surface area contributed by atoms with E-state index >= 15 is 14.2 Å². The number of morpholine rings is 2. The van der Waals surface area contributed by atoms with E-state index in [-0.39, 0.29) is 74.9 Å². The van der Waals surface area contributed by atoms with Crippen molar-refractivity contribution in [3.63, 3.8) is 0 Å². The molecule has 14 heteroatoms. The lowest BCUT2D eigenvalue weighted by atomic mass is 9.89. The fourth-order valence-corrected chi connectivity index (χ4v) is 11.9. The summed E-state index contributed by atoms with van der Waals surface area (Å²) in [6, 6.07) is 9.79. The van der Waals surface area contributed by atoms with E-state index in [9.17, 15) is 19.2 Å². The topological polar surface area (TPSA) is 168 Å². The number of aryl methyl sites for hydroxylation is 4. The number of hydrogen-bond donors (Lipinski definition) is 2. The van der Waals surface area contributed by atoms with Crippen molar-refractivity contribution in [1.29, 1.82) is 0 Å². The number of nitrogens with zero attached hydrogens (tertiary/aromatic N) is 2. The summed E-state index contributed by atoms with van der Waals surface area (Å²) in [6.07, 6.45) is 3.07. The Hall–Kier alpha value is -4.65. The van der Waals surface area contributed by atoms with Crippen molar-refractivity contribution in [3.05, 3.63) is 98.1 Å². The average molecular weight is 899 g/mol. The summed E-state index contributed by atoms with van der Waals surface area (Å²) in [5.41, 5.74) is 1.29. The molecule has 2 amide bonds. The van der Waals surface area contributed by atoms with Crippen LogP contribution in [0.1, 0.15) is 127 Å². The molecule has 0 saturated carbocycles. The highest BCUT2D eigenvalue weighted by Gasteiger charge is 2.46. The molecule has 0 radical (unpaired) electrons. The summed E-state index contributed by atoms with van der Waals surface area (Å²) in [6.45, 7) is 18.8. The number of rotatable bonds is 21. The number of carbonyl (C=O) groups is 6. The largest absolute Gasteiger partial charge is 0.379 e. The van der Waals surface area contributed by atoms with Crippen LogP contribution in [0.5, 0.6) is 0 Å². The third kappa shape index (κ3) is 11.2. The van der Waals surface area contributed by atoms with E-state index in [1.54, 1.807) is 71.9 Å². The molecule has 2 aliphatic rings. The molecule has 3 aromatic carbocycles. The fourth-order valence-electron chi connectivity index (χ4n) is 9.29. The van der Waals surface area contributed by atoms with Gasteiger partial charge in [-0.25, -0.2) is 0 Å². The number of unbranched alkanes of at least 4 members (excludes halogenated alkanes) is 2. The van der Waals surface area contributed by atoms with Crippen LogP contribution in [0.25, 0.3) is 0 Å². The molecule has 2 fully saturated rings. The maximum atomic E-state index is 15.9. The summed E-state index contributed by atoms with van der Waals surface area (Å²) in [5, 5.41) is 6.00. The van der Waals surface area contributed by atoms with Crippen LogP contribution in [-0.4, -0.2) is 122 Å². The lowest BCUT2D eigenvalue weighted by Gasteiger charge is -2.33. The molecular weight excluding hydrogens is 832 g/mol. The van der Waals surface area contributed by atoms with Crippen molar-refractivity contribution in [2.24, 2.45) is 0 Å². The normalized spacial score (nSPS) is 16.6. The van der Waals surface area contributed by atoms with E-state index in [0.29, 0.717) is 87.9 Å². The van der Waals surface area contributed by atoms with Gasteiger partial charge < -0.3 is 24.7 Å². The van der Waals surface area contributed by atoms with Gasteiger partial charge in [-0.3, -0.25) is 38.6 Å². The van der Waals surface area contributed by atoms with E-state index in [1.165, 1.54) is 12.1 Å². The van der Waals surface area contributed by atoms with Crippen molar-refractivity contribution in [1.82, 2.24) is 20.4 Å². The highest BCUT2D eigenvalue weighted by Crippen LogP contribution is 2.53. The summed E-state index contributed by atoms with van der Waals surface area (Å²) in [7, 11) is -4.77. The monoisotopic (exact) mass is 898 g/mol. The second kappa shape index (κ2) is 23.0. The minimum atomic E-state index is -4.77. The zero-order valence-corrected chi connectivity index (χ0v) is 39.9. The van der Waals surface area contributed by atoms with Crippen molar-refractivity contribution in [2.75, 3.05) is 65.7 Å². The molecule has 0 aliphatic carbocycles. The molecule has 2 unspecified atom stereocenters. The smallest absolute Gasteiger partial charge is 0.248 e. The van der Waals surface area contributed by atoms with Gasteiger partial charge in [0.25, 0.3) is 0 Å². The molecule has 0 bridgehead atoms. The molecule has 3 aromatic rings. The van der Waals surface area contributed by atoms with Crippen LogP contribution in [0.4, 0.5) is 0 Å². The van der Waals surface area contributed by atoms with Crippen LogP contribution >= 0.6 is 7.14 Å². The Balaban J connectivity index is 1.57. The van der Waals surface area contributed by atoms with Crippen LogP contribution in [0.2, 0.25) is 0 Å². The first-order valence-electron chi connectivity index (χ1n) is 22.8. The Bertz CT molecular complexity index is 2130. The Morgan fingerprint density at radius 1 is 0.578 bits per heavy atom. The number of Topliss-reactive ketones (excluding diaryl/α,β-unsaturated/α-hetero) is 2. The molecule has 2 aliphatic heterocycles. The number of ether oxygens (including phenoxy) is 2. The van der Waals surface area contributed by atoms with E-state index in [0.717, 1.165) is 25.7 Å². The standard InChI is InChI=1S/C50H67N4O9P/c1-9-11-18-51-47(57)39(53-20-24-62-25-21-53)30-41(55)43-32(3)28-34(5)45(36(43)7)49(59)64(61,38-16-14-13-15-17-38)50(60)46-35(6)29-33(4)44(37(46)8)42(56)31-40(48(58)52-19-12-10-2)54-22-26-63-27-23-54/h13-17,28-29,39-40H,9-12,18-27,30-31H2,1-8H3,(H,51,57)(H,52,58). The summed E-state index contributed by atoms with van der Waals surface area (Å²) in [4.78, 5) is 90.8. The number of carbonyl (C=O) groups excluding carboxylic acids is 6. The molecule has 2 saturated heterocycles. The second-order valence-electron chi connectivity index (χ2n) is 17.2. The zero-order chi connectivity index (χ0) is 46.7. The molecule has 2 heterocycles. The van der Waals surface area contributed by atoms with Gasteiger partial charge in [0.05, 0.1) is 38.5 Å². The van der Waals surface area contributed by atoms with Gasteiger partial charge >= 0.3 is 0 Å². The van der Waals surface area contributed by atoms with E-state index in [4.69, 9.17) is 9.47 Å². The molecule has 2 atom stereocenters. The molecule has 346 valence electrons. The predicted molar refractivity (Wildman–Crippen MR) is 250 cm³/mol. The van der Waals surface area contributed by atoms with Crippen LogP contribution in [-0.2, 0) is 23.6 Å². The Labute approximate surface area is 378 Å². The highest BCUT2D eigenvalue weighted by molar-refractivity contribution is 8.01. The fraction of sp³-hybridized carbons (Fsp3) is 0.520. The van der Waals surface area contributed by atoms with Crippen LogP contribution in [0, 0.1) is 41.5 Å². The van der Waals surface area contributed by atoms with Crippen molar-refractivity contribution < 1.29 is 42.8 Å². The first kappa shape index (κ1) is 50.4. The predicted octanol–water partition coefficient (Wildman–Crippen LogP) is 6.59. The Kier molecular flexibility index (Phi) is 18.1. The summed E-state index contributed by atoms with van der Waals surface area (Å²) in [5.74, 6) is -1.21. The van der Waals surface area contributed by atoms with Gasteiger partial charge in [0.1, 0.15) is 0 Å². The quantitative estimate of drug-likeness (QED) is 0.0673. The van der Waals surface area contributed by atoms with Gasteiger partial charge in [-0.2, -0.15) is 0 Å². The van der Waals surface area contributed by atoms with Gasteiger partial charge in [-0.1, -0.05) is 69.2 Å². The lowest BCUT2D eigenvalue weighted by Crippen LogP contribution is -2.52. The van der Waals surface area contributed by atoms with Crippen molar-refractivity contribution >= 4 is 46.9 Å². The Morgan fingerprint density at radius 3 is 1.30 bits per heavy atom. The lowest BCUT2D eigenvalue weighted by molar-refractivity contribution is -0.128. The number of hydrogen-bond acceptors (Lipinski definition) is 11. The van der Waals surface area contributed by atoms with E-state index in [2.05, 4.69) is 10.6 Å². The maximum Gasteiger partial charge on any atom is 0.248 e. The number of amides is 2. The maximum absolute atomic E-state index is 15.9. The number of ketones is 2. The minimum Gasteiger partial charge on any atom is -0.379 e. The Morgan fingerprint density at radius 2 is 0.938 bits per heavy atom. The van der Waals surface area contributed by atoms with E-state index in [1.807, 2.05) is 23.6 Å². The third-order valence-corrected chi connectivity index (χ3v) is 15.2. The molecule has 13 nitrogen and oxygen atoms in total. The second-order valence-corrected chi connectivity index (χ2v) is 19.7. The van der Waals surface area contributed by atoms with Gasteiger partial charge in [0.15, 0.2) is 11.6 Å². The first-order chi connectivity index (χ1) is 30.6. The van der Waals surface area contributed by atoms with Gasteiger partial charge in [0.2, 0.25) is 30.0 Å². The minimum absolute atomic E-state index is 0.00552. The van der Waals surface area contributed by atoms with Crippen molar-refractivity contribution in [2.45, 2.75) is 106 Å². The van der Waals surface area contributed by atoms with Gasteiger partial charge in [-0.05, 0) is 87.8 Å². The SMILES string of the molecule is CCCCNC(=O)C(CC(=O)c1c(C)cc(C)c(C(=O)P(=O)(C(=O)c2c(C)cc(C)c(C(=O)CC(C(=O)NCCCC)N3CCOCC3)c2C)c2ccccc2)c1C)N1CCOCC1. The van der Waals surface area contributed by atoms with Crippen LogP contribution in [0.15, 0.2) is 42.5 Å². The number of nitrogens with one attached hydrogen (secondary N) is 2. The summed E-state index contributed by atoms with van der Waals surface area (Å²) < 4.78 is 27.0. The van der Waals surface area contributed by atoms with Gasteiger partial charge in [0, 0.05) is 79.7 Å². The van der Waals surface area contributed by atoms with Gasteiger partial charge in [-0.15, -0.1) is 0 Å². The molecule has 5 rings (SSSR count). The molecule has 0 spiro atoms. The van der Waals surface area contributed by atoms with E-state index < -0.39 is 30.3 Å². The number of benzene rings is 3. The molecule has 2 N–H and O–H groups in total. The van der Waals surface area contributed by atoms with Crippen LogP contribution < -0.4 is 15.9 Å². The zero-order valence-electron chi connectivity index (χ0n) is 39.0.